The normalized spacial score (nSPS) is 12.8. The van der Waals surface area contributed by atoms with Gasteiger partial charge in [-0.25, -0.2) is 0 Å². The van der Waals surface area contributed by atoms with Crippen LogP contribution in [-0.2, 0) is 6.40 Å². The smallest absolute Gasteiger partial charge is 0.0316 e. The molecule has 0 aliphatic carbocycles. The van der Waals surface area contributed by atoms with Gasteiger partial charge in [0.2, 0.25) is 0 Å². The van der Waals surface area contributed by atoms with Crippen LogP contribution < -0.4 is 0 Å². The summed E-state index contributed by atoms with van der Waals surface area (Å²) in [6.07, 6.45) is 1.31. The van der Waals surface area contributed by atoms with Crippen LogP contribution in [0.5, 0.6) is 0 Å². The van der Waals surface area contributed by atoms with Crippen LogP contribution >= 0.6 is 0 Å². The molecule has 0 spiro atoms. The predicted octanol–water partition coefficient (Wildman–Crippen LogP) is 3.32. The summed E-state index contributed by atoms with van der Waals surface area (Å²) in [6, 6.07) is 9.71. The monoisotopic (exact) mass is 176 g/mol. The minimum absolute atomic E-state index is 0.204. The van der Waals surface area contributed by atoms with Crippen molar-refractivity contribution in [2.75, 3.05) is 6.54 Å². The van der Waals surface area contributed by atoms with Gasteiger partial charge < -0.3 is 0 Å². The number of rotatable bonds is 5. The second kappa shape index (κ2) is 6.09. The van der Waals surface area contributed by atoms with E-state index in [9.17, 15) is 0 Å². The molecule has 3 nitrogen and oxygen atoms in total. The van der Waals surface area contributed by atoms with Gasteiger partial charge in [-0.15, -0.1) is 0 Å². The van der Waals surface area contributed by atoms with Crippen molar-refractivity contribution in [1.82, 2.24) is 0 Å². The summed E-state index contributed by atoms with van der Waals surface area (Å²) in [5, 5.41) is 3.43. The van der Waals surface area contributed by atoms with Gasteiger partial charge in [-0.2, -0.15) is 0 Å². The number of nitrogens with zero attached hydrogens (tertiary/aromatic N) is 3. The Morgan fingerprint density at radius 3 is 2.77 bits per heavy atom. The molecule has 1 atom stereocenters. The van der Waals surface area contributed by atoms with Gasteiger partial charge in [0, 0.05) is 12.8 Å². The lowest BCUT2D eigenvalue weighted by atomic mass is 10.1. The molecule has 0 saturated carbocycles. The van der Waals surface area contributed by atoms with Crippen LogP contribution in [-0.4, -0.2) is 6.54 Å². The maximum absolute atomic E-state index is 8.06. The average Bonchev–Trinajstić information content (AvgIpc) is 2.25. The summed E-state index contributed by atoms with van der Waals surface area (Å²) in [6.45, 7) is 0.485. The maximum Gasteiger partial charge on any atom is 0.0316 e. The first-order chi connectivity index (χ1) is 6.84. The van der Waals surface area contributed by atoms with Crippen molar-refractivity contribution < 1.29 is 1.37 Å². The third-order valence-electron chi connectivity index (χ3n) is 1.71. The summed E-state index contributed by atoms with van der Waals surface area (Å²) in [7, 11) is 0. The molecule has 0 aliphatic rings. The van der Waals surface area contributed by atoms with E-state index in [4.69, 9.17) is 6.90 Å². The second-order valence-electron chi connectivity index (χ2n) is 2.71. The molecule has 13 heavy (non-hydrogen) atoms. The van der Waals surface area contributed by atoms with Gasteiger partial charge in [0.15, 0.2) is 0 Å². The second-order valence-corrected chi connectivity index (χ2v) is 2.71. The first-order valence-corrected chi connectivity index (χ1v) is 4.32. The Labute approximate surface area is 79.4 Å². The first-order valence-electron chi connectivity index (χ1n) is 4.90. The molecule has 0 saturated heterocycles. The minimum Gasteiger partial charge on any atom is -0.0940 e. The number of aryl methyl sites for hydroxylation is 1. The van der Waals surface area contributed by atoms with Gasteiger partial charge in [-0.1, -0.05) is 35.4 Å². The van der Waals surface area contributed by atoms with Crippen molar-refractivity contribution in [2.45, 2.75) is 19.2 Å². The van der Waals surface area contributed by atoms with Crippen molar-refractivity contribution in [3.8, 4) is 0 Å². The number of hydrogen-bond donors (Lipinski definition) is 0. The molecule has 0 heterocycles. The quantitative estimate of drug-likeness (QED) is 0.286. The van der Waals surface area contributed by atoms with Gasteiger partial charge in [-0.3, -0.25) is 0 Å². The van der Waals surface area contributed by atoms with Crippen molar-refractivity contribution in [3.63, 3.8) is 0 Å². The van der Waals surface area contributed by atoms with Crippen LogP contribution in [0.1, 0.15) is 19.8 Å². The first kappa shape index (κ1) is 8.14. The van der Waals surface area contributed by atoms with Crippen molar-refractivity contribution in [3.05, 3.63) is 46.3 Å². The zero-order valence-corrected chi connectivity index (χ0v) is 7.43. The highest BCUT2D eigenvalue weighted by atomic mass is 15.1. The molecule has 0 unspecified atom stereocenters. The van der Waals surface area contributed by atoms with E-state index >= 15 is 0 Å². The zero-order valence-electron chi connectivity index (χ0n) is 8.43. The molecule has 1 aromatic carbocycles. The molecule has 0 fully saturated rings. The van der Waals surface area contributed by atoms with Crippen LogP contribution in [0.15, 0.2) is 35.4 Å². The Bertz CT molecular complexity index is 306. The topological polar surface area (TPSA) is 48.8 Å². The zero-order chi connectivity index (χ0) is 10.2. The molecule has 0 radical (unpaired) electrons. The molecule has 68 valence electrons. The van der Waals surface area contributed by atoms with Gasteiger partial charge in [-0.05, 0) is 30.3 Å². The van der Waals surface area contributed by atoms with Gasteiger partial charge in [0.05, 0.1) is 0 Å². The Hall–Kier alpha value is -1.47. The highest BCUT2D eigenvalue weighted by Gasteiger charge is 1.90. The standard InChI is InChI=1S/C10H13N3/c11-13-12-9-5-4-8-10-6-2-1-3-7-10/h1-3,6-7H,4-5,8-9H2/i8D/t8-/m1/s1. The van der Waals surface area contributed by atoms with Crippen LogP contribution in [0, 0.1) is 0 Å². The van der Waals surface area contributed by atoms with Crippen molar-refractivity contribution in [2.24, 2.45) is 5.11 Å². The van der Waals surface area contributed by atoms with Crippen LogP contribution in [0.25, 0.3) is 10.4 Å². The lowest BCUT2D eigenvalue weighted by Crippen LogP contribution is -1.86. The Kier molecular flexibility index (Phi) is 3.82. The summed E-state index contributed by atoms with van der Waals surface area (Å²) in [5.41, 5.74) is 9.08. The van der Waals surface area contributed by atoms with E-state index in [0.717, 1.165) is 18.4 Å². The van der Waals surface area contributed by atoms with E-state index in [1.165, 1.54) is 0 Å². The molecule has 3 heteroatoms. The molecular formula is C10H13N3. The van der Waals surface area contributed by atoms with Gasteiger partial charge in [0.25, 0.3) is 0 Å². The highest BCUT2D eigenvalue weighted by Crippen LogP contribution is 2.04. The predicted molar refractivity (Wildman–Crippen MR) is 53.4 cm³/mol. The van der Waals surface area contributed by atoms with E-state index in [0.29, 0.717) is 6.54 Å². The number of benzene rings is 1. The average molecular weight is 176 g/mol. The molecule has 1 aromatic rings. The Morgan fingerprint density at radius 2 is 2.08 bits per heavy atom. The van der Waals surface area contributed by atoms with Gasteiger partial charge in [0.1, 0.15) is 0 Å². The summed E-state index contributed by atoms with van der Waals surface area (Å²) in [4.78, 5) is 2.67. The lowest BCUT2D eigenvalue weighted by Gasteiger charge is -1.98. The summed E-state index contributed by atoms with van der Waals surface area (Å²) in [5.74, 6) is 0. The fraction of sp³-hybridized carbons (Fsp3) is 0.400. The fourth-order valence-electron chi connectivity index (χ4n) is 1.06. The largest absolute Gasteiger partial charge is 0.0940 e. The SMILES string of the molecule is [2H][C@H](CCCN=[N+]=[N-])c1ccccc1. The number of azide groups is 1. The Balaban J connectivity index is 2.35. The van der Waals surface area contributed by atoms with Gasteiger partial charge >= 0.3 is 0 Å². The molecule has 0 amide bonds. The van der Waals surface area contributed by atoms with E-state index in [2.05, 4.69) is 10.0 Å². The third-order valence-corrected chi connectivity index (χ3v) is 1.71. The molecule has 0 aliphatic heterocycles. The van der Waals surface area contributed by atoms with Crippen molar-refractivity contribution in [1.29, 1.82) is 0 Å². The lowest BCUT2D eigenvalue weighted by molar-refractivity contribution is 0.742. The Morgan fingerprint density at radius 1 is 1.31 bits per heavy atom. The molecule has 0 N–H and O–H groups in total. The van der Waals surface area contributed by atoms with Crippen LogP contribution in [0.3, 0.4) is 0 Å². The highest BCUT2D eigenvalue weighted by molar-refractivity contribution is 5.14. The molecule has 0 aromatic heterocycles. The fourth-order valence-corrected chi connectivity index (χ4v) is 1.06. The van der Waals surface area contributed by atoms with E-state index in [1.807, 2.05) is 30.3 Å². The van der Waals surface area contributed by atoms with E-state index < -0.39 is 0 Å². The van der Waals surface area contributed by atoms with Crippen LogP contribution in [0.4, 0.5) is 0 Å². The number of hydrogen-bond acceptors (Lipinski definition) is 1. The van der Waals surface area contributed by atoms with Crippen LogP contribution in [0.2, 0.25) is 0 Å². The molecule has 1 rings (SSSR count). The molecule has 0 bridgehead atoms. The summed E-state index contributed by atoms with van der Waals surface area (Å²) >= 11 is 0. The minimum atomic E-state index is -0.204. The maximum atomic E-state index is 8.06. The van der Waals surface area contributed by atoms with Crippen molar-refractivity contribution >= 4 is 0 Å². The molecular weight excluding hydrogens is 162 g/mol. The van der Waals surface area contributed by atoms with E-state index in [1.54, 1.807) is 0 Å². The summed E-state index contributed by atoms with van der Waals surface area (Å²) < 4.78 is 7.81. The third kappa shape index (κ3) is 4.19. The van der Waals surface area contributed by atoms with E-state index in [-0.39, 0.29) is 6.40 Å².